The van der Waals surface area contributed by atoms with Crippen molar-refractivity contribution in [1.29, 1.82) is 0 Å². The van der Waals surface area contributed by atoms with Crippen LogP contribution in [0.15, 0.2) is 30.3 Å². The Labute approximate surface area is 128 Å². The van der Waals surface area contributed by atoms with Crippen molar-refractivity contribution >= 4 is 11.8 Å². The zero-order chi connectivity index (χ0) is 14.4. The second kappa shape index (κ2) is 8.06. The van der Waals surface area contributed by atoms with Gasteiger partial charge in [-0.05, 0) is 25.5 Å². The number of hydrogen-bond donors (Lipinski definition) is 1. The fourth-order valence-electron chi connectivity index (χ4n) is 2.91. The van der Waals surface area contributed by atoms with E-state index in [9.17, 15) is 0 Å². The molecule has 3 unspecified atom stereocenters. The molecule has 1 aromatic rings. The summed E-state index contributed by atoms with van der Waals surface area (Å²) in [6.45, 7) is 10.3. The maximum Gasteiger partial charge on any atom is 0.0476 e. The Balaban J connectivity index is 2.13. The van der Waals surface area contributed by atoms with Gasteiger partial charge in [0, 0.05) is 36.2 Å². The van der Waals surface area contributed by atoms with Crippen molar-refractivity contribution in [3.05, 3.63) is 35.9 Å². The Hall–Kier alpha value is -0.510. The Morgan fingerprint density at radius 2 is 2.05 bits per heavy atom. The lowest BCUT2D eigenvalue weighted by Crippen LogP contribution is -2.49. The third-order valence-electron chi connectivity index (χ3n) is 4.28. The quantitative estimate of drug-likeness (QED) is 0.807. The number of rotatable bonds is 6. The first-order valence-corrected chi connectivity index (χ1v) is 8.92. The molecule has 1 aliphatic heterocycles. The molecule has 112 valence electrons. The summed E-state index contributed by atoms with van der Waals surface area (Å²) in [7, 11) is 0. The maximum absolute atomic E-state index is 3.62. The number of nitrogens with zero attached hydrogens (tertiary/aromatic N) is 1. The molecule has 0 aromatic heterocycles. The molecule has 0 bridgehead atoms. The van der Waals surface area contributed by atoms with Crippen LogP contribution in [0.5, 0.6) is 0 Å². The Morgan fingerprint density at radius 1 is 1.30 bits per heavy atom. The van der Waals surface area contributed by atoms with Gasteiger partial charge in [-0.25, -0.2) is 0 Å². The van der Waals surface area contributed by atoms with Crippen LogP contribution in [-0.4, -0.2) is 41.6 Å². The molecule has 0 radical (unpaired) electrons. The van der Waals surface area contributed by atoms with Crippen LogP contribution in [0, 0.1) is 0 Å². The van der Waals surface area contributed by atoms with E-state index in [4.69, 9.17) is 0 Å². The molecular formula is C17H28N2S. The molecule has 2 rings (SSSR count). The van der Waals surface area contributed by atoms with E-state index in [2.05, 4.69) is 73.1 Å². The van der Waals surface area contributed by atoms with E-state index in [0.717, 1.165) is 18.3 Å². The van der Waals surface area contributed by atoms with Crippen molar-refractivity contribution in [3.63, 3.8) is 0 Å². The maximum atomic E-state index is 3.62. The fraction of sp³-hybridized carbons (Fsp3) is 0.647. The number of nitrogens with one attached hydrogen (secondary N) is 1. The Bertz CT molecular complexity index is 382. The normalized spacial score (nSPS) is 25.6. The summed E-state index contributed by atoms with van der Waals surface area (Å²) in [6, 6.07) is 12.1. The lowest BCUT2D eigenvalue weighted by atomic mass is 10.0. The van der Waals surface area contributed by atoms with Crippen LogP contribution < -0.4 is 5.32 Å². The highest BCUT2D eigenvalue weighted by atomic mass is 32.2. The molecule has 2 nitrogen and oxygen atoms in total. The van der Waals surface area contributed by atoms with Crippen LogP contribution in [0.2, 0.25) is 0 Å². The van der Waals surface area contributed by atoms with Gasteiger partial charge in [-0.15, -0.1) is 0 Å². The van der Waals surface area contributed by atoms with Crippen molar-refractivity contribution in [3.8, 4) is 0 Å². The minimum absolute atomic E-state index is 0.501. The summed E-state index contributed by atoms with van der Waals surface area (Å²) in [5.74, 6) is 1.25. The molecule has 0 aliphatic carbocycles. The SMILES string of the molecule is CCCNCC(c1ccccc1)N1CCSC(C)C1C. The highest BCUT2D eigenvalue weighted by Gasteiger charge is 2.31. The minimum Gasteiger partial charge on any atom is -0.315 e. The van der Waals surface area contributed by atoms with E-state index in [1.54, 1.807) is 0 Å². The van der Waals surface area contributed by atoms with E-state index in [-0.39, 0.29) is 0 Å². The van der Waals surface area contributed by atoms with Crippen LogP contribution in [0.1, 0.15) is 38.8 Å². The molecule has 0 spiro atoms. The molecule has 1 heterocycles. The molecular weight excluding hydrogens is 264 g/mol. The number of thioether (sulfide) groups is 1. The molecule has 1 saturated heterocycles. The smallest absolute Gasteiger partial charge is 0.0476 e. The summed E-state index contributed by atoms with van der Waals surface area (Å²) in [5.41, 5.74) is 1.45. The molecule has 1 N–H and O–H groups in total. The lowest BCUT2D eigenvalue weighted by Gasteiger charge is -2.43. The van der Waals surface area contributed by atoms with Gasteiger partial charge in [-0.1, -0.05) is 44.2 Å². The topological polar surface area (TPSA) is 15.3 Å². The second-order valence-electron chi connectivity index (χ2n) is 5.68. The van der Waals surface area contributed by atoms with Crippen LogP contribution in [0.4, 0.5) is 0 Å². The predicted octanol–water partition coefficient (Wildman–Crippen LogP) is 3.55. The molecule has 3 heteroatoms. The third kappa shape index (κ3) is 4.00. The van der Waals surface area contributed by atoms with Crippen LogP contribution in [-0.2, 0) is 0 Å². The summed E-state index contributed by atoms with van der Waals surface area (Å²) >= 11 is 2.11. The van der Waals surface area contributed by atoms with Crippen molar-refractivity contribution in [2.45, 2.75) is 44.5 Å². The van der Waals surface area contributed by atoms with E-state index < -0.39 is 0 Å². The first-order valence-electron chi connectivity index (χ1n) is 7.87. The van der Waals surface area contributed by atoms with Crippen molar-refractivity contribution in [1.82, 2.24) is 10.2 Å². The molecule has 0 saturated carbocycles. The van der Waals surface area contributed by atoms with E-state index >= 15 is 0 Å². The molecule has 1 fully saturated rings. The summed E-state index contributed by atoms with van der Waals surface area (Å²) in [4.78, 5) is 2.69. The zero-order valence-electron chi connectivity index (χ0n) is 13.0. The van der Waals surface area contributed by atoms with Gasteiger partial charge in [0.25, 0.3) is 0 Å². The number of benzene rings is 1. The first-order chi connectivity index (χ1) is 9.74. The van der Waals surface area contributed by atoms with Gasteiger partial charge in [0.1, 0.15) is 0 Å². The third-order valence-corrected chi connectivity index (χ3v) is 5.62. The van der Waals surface area contributed by atoms with E-state index in [1.165, 1.54) is 24.3 Å². The van der Waals surface area contributed by atoms with Crippen LogP contribution in [0.25, 0.3) is 0 Å². The van der Waals surface area contributed by atoms with Gasteiger partial charge >= 0.3 is 0 Å². The molecule has 20 heavy (non-hydrogen) atoms. The van der Waals surface area contributed by atoms with Gasteiger partial charge < -0.3 is 5.32 Å². The standard InChI is InChI=1S/C17H28N2S/c1-4-10-18-13-17(16-8-6-5-7-9-16)19-11-12-20-15(3)14(19)2/h5-9,14-15,17-18H,4,10-13H2,1-3H3. The summed E-state index contributed by atoms with van der Waals surface area (Å²) in [5, 5.41) is 4.34. The van der Waals surface area contributed by atoms with Gasteiger partial charge in [-0.3, -0.25) is 4.90 Å². The van der Waals surface area contributed by atoms with Crippen LogP contribution >= 0.6 is 11.8 Å². The molecule has 1 aromatic carbocycles. The molecule has 3 atom stereocenters. The number of hydrogen-bond acceptors (Lipinski definition) is 3. The van der Waals surface area contributed by atoms with Crippen molar-refractivity contribution in [2.24, 2.45) is 0 Å². The predicted molar refractivity (Wildman–Crippen MR) is 90.4 cm³/mol. The summed E-state index contributed by atoms with van der Waals surface area (Å²) < 4.78 is 0. The van der Waals surface area contributed by atoms with Gasteiger partial charge in [0.15, 0.2) is 0 Å². The van der Waals surface area contributed by atoms with Crippen molar-refractivity contribution < 1.29 is 0 Å². The Kier molecular flexibility index (Phi) is 6.40. The van der Waals surface area contributed by atoms with E-state index in [0.29, 0.717) is 12.1 Å². The molecule has 1 aliphatic rings. The van der Waals surface area contributed by atoms with Gasteiger partial charge in [0.2, 0.25) is 0 Å². The van der Waals surface area contributed by atoms with Gasteiger partial charge in [-0.2, -0.15) is 11.8 Å². The highest BCUT2D eigenvalue weighted by molar-refractivity contribution is 8.00. The average Bonchev–Trinajstić information content (AvgIpc) is 2.48. The van der Waals surface area contributed by atoms with E-state index in [1.807, 2.05) is 0 Å². The monoisotopic (exact) mass is 292 g/mol. The Morgan fingerprint density at radius 3 is 2.75 bits per heavy atom. The second-order valence-corrected chi connectivity index (χ2v) is 7.17. The van der Waals surface area contributed by atoms with Gasteiger partial charge in [0.05, 0.1) is 0 Å². The average molecular weight is 292 g/mol. The largest absolute Gasteiger partial charge is 0.315 e. The first kappa shape index (κ1) is 15.9. The van der Waals surface area contributed by atoms with Crippen LogP contribution in [0.3, 0.4) is 0 Å². The zero-order valence-corrected chi connectivity index (χ0v) is 13.8. The van der Waals surface area contributed by atoms with Crippen molar-refractivity contribution in [2.75, 3.05) is 25.4 Å². The lowest BCUT2D eigenvalue weighted by molar-refractivity contribution is 0.144. The summed E-state index contributed by atoms with van der Waals surface area (Å²) in [6.07, 6.45) is 1.20. The fourth-order valence-corrected chi connectivity index (χ4v) is 4.04. The molecule has 0 amide bonds. The highest BCUT2D eigenvalue weighted by Crippen LogP contribution is 2.31. The minimum atomic E-state index is 0.501.